The standard InChI is InChI=1S/C31H35N3O7/c1-14(2)16-7-5-15(6-8-16)13-33-20-12-21(34(3)4)19-10-17-9-18-11-22(35)25(30(32)40)29(39)31(18,41)28(38)23(17)27(37)24(19)26(20)36/h5-8,12,14,17-18,33,35-36,38,41H,9-11,13H2,1-4H3,(H2,32,40)/t17-,18+,31+/m1/s1. The lowest BCUT2D eigenvalue weighted by atomic mass is 9.60. The smallest absolute Gasteiger partial charge is 0.255 e. The highest BCUT2D eigenvalue weighted by molar-refractivity contribution is 6.24. The summed E-state index contributed by atoms with van der Waals surface area (Å²) in [5.41, 5.74) is 5.46. The first-order chi connectivity index (χ1) is 19.3. The van der Waals surface area contributed by atoms with E-state index >= 15 is 0 Å². The maximum absolute atomic E-state index is 14.0. The molecule has 0 fully saturated rings. The average molecular weight is 562 g/mol. The van der Waals surface area contributed by atoms with Crippen molar-refractivity contribution in [3.63, 3.8) is 0 Å². The Morgan fingerprint density at radius 1 is 1.12 bits per heavy atom. The Balaban J connectivity index is 1.57. The fourth-order valence-corrected chi connectivity index (χ4v) is 6.42. The van der Waals surface area contributed by atoms with E-state index in [1.807, 2.05) is 43.3 Å². The molecule has 0 heterocycles. The topological polar surface area (TPSA) is 173 Å². The molecule has 7 N–H and O–H groups in total. The van der Waals surface area contributed by atoms with E-state index in [0.29, 0.717) is 29.4 Å². The van der Waals surface area contributed by atoms with Crippen LogP contribution in [0.4, 0.5) is 11.4 Å². The van der Waals surface area contributed by atoms with Crippen LogP contribution in [0.25, 0.3) is 0 Å². The minimum Gasteiger partial charge on any atom is -0.511 e. The third-order valence-corrected chi connectivity index (χ3v) is 8.65. The Morgan fingerprint density at radius 2 is 1.78 bits per heavy atom. The van der Waals surface area contributed by atoms with Gasteiger partial charge in [0.05, 0.1) is 11.3 Å². The molecule has 3 aliphatic carbocycles. The molecular weight excluding hydrogens is 526 g/mol. The summed E-state index contributed by atoms with van der Waals surface area (Å²) < 4.78 is 0. The van der Waals surface area contributed by atoms with E-state index in [9.17, 15) is 34.8 Å². The number of carbonyl (C=O) groups excluding carboxylic acids is 3. The Hall–Kier alpha value is -4.31. The number of rotatable bonds is 6. The largest absolute Gasteiger partial charge is 0.511 e. The number of nitrogens with one attached hydrogen (secondary N) is 1. The third kappa shape index (κ3) is 4.33. The predicted octanol–water partition coefficient (Wildman–Crippen LogP) is 3.38. The molecule has 2 aromatic rings. The van der Waals surface area contributed by atoms with Gasteiger partial charge in [-0.15, -0.1) is 0 Å². The first-order valence-corrected chi connectivity index (χ1v) is 13.6. The SMILES string of the molecule is CC(C)c1ccc(CNc2cc(N(C)C)c3c(c2O)C(=O)C2=C(O)[C@]4(O)C(=O)C(C(N)=O)=C(O)C[C@@H]4C[C@@H]2C3)cc1. The second-order valence-electron chi connectivity index (χ2n) is 11.7. The van der Waals surface area contributed by atoms with Crippen LogP contribution in [-0.4, -0.2) is 57.6 Å². The van der Waals surface area contributed by atoms with Gasteiger partial charge in [-0.2, -0.15) is 0 Å². The number of primary amides is 1. The van der Waals surface area contributed by atoms with E-state index in [-0.39, 0.29) is 36.1 Å². The number of anilines is 2. The minimum atomic E-state index is -2.59. The molecule has 0 aliphatic heterocycles. The summed E-state index contributed by atoms with van der Waals surface area (Å²) in [6.07, 6.45) is 0.0670. The lowest BCUT2D eigenvalue weighted by Gasteiger charge is -2.46. The van der Waals surface area contributed by atoms with Gasteiger partial charge in [0.15, 0.2) is 11.4 Å². The minimum absolute atomic E-state index is 0.0227. The summed E-state index contributed by atoms with van der Waals surface area (Å²) in [6, 6.07) is 9.86. The quantitative estimate of drug-likeness (QED) is 0.228. The summed E-state index contributed by atoms with van der Waals surface area (Å²) in [6.45, 7) is 4.61. The van der Waals surface area contributed by atoms with Gasteiger partial charge in [-0.25, -0.2) is 0 Å². The number of Topliss-reactive ketones (excluding diaryl/α,β-unsaturated/α-hetero) is 2. The molecule has 2 aromatic carbocycles. The molecule has 0 bridgehead atoms. The maximum atomic E-state index is 14.0. The van der Waals surface area contributed by atoms with E-state index < -0.39 is 52.0 Å². The predicted molar refractivity (Wildman–Crippen MR) is 153 cm³/mol. The number of amides is 1. The van der Waals surface area contributed by atoms with Gasteiger partial charge in [-0.1, -0.05) is 38.1 Å². The zero-order valence-corrected chi connectivity index (χ0v) is 23.5. The summed E-state index contributed by atoms with van der Waals surface area (Å²) in [4.78, 5) is 40.9. The van der Waals surface area contributed by atoms with Crippen molar-refractivity contribution in [2.24, 2.45) is 17.6 Å². The van der Waals surface area contributed by atoms with Crippen LogP contribution in [0.5, 0.6) is 5.75 Å². The number of hydrogen-bond acceptors (Lipinski definition) is 9. The van der Waals surface area contributed by atoms with Crippen LogP contribution in [-0.2, 0) is 22.6 Å². The fourth-order valence-electron chi connectivity index (χ4n) is 6.42. The zero-order valence-electron chi connectivity index (χ0n) is 23.5. The van der Waals surface area contributed by atoms with E-state index in [1.54, 1.807) is 6.07 Å². The number of benzene rings is 2. The van der Waals surface area contributed by atoms with Crippen molar-refractivity contribution < 1.29 is 34.8 Å². The molecule has 5 rings (SSSR count). The van der Waals surface area contributed by atoms with Crippen molar-refractivity contribution in [1.29, 1.82) is 0 Å². The van der Waals surface area contributed by atoms with Crippen LogP contribution in [0.15, 0.2) is 53.0 Å². The van der Waals surface area contributed by atoms with E-state index in [0.717, 1.165) is 5.56 Å². The molecule has 10 heteroatoms. The van der Waals surface area contributed by atoms with Gasteiger partial charge < -0.3 is 36.4 Å². The van der Waals surface area contributed by atoms with Crippen molar-refractivity contribution in [3.8, 4) is 5.75 Å². The van der Waals surface area contributed by atoms with Crippen LogP contribution >= 0.6 is 0 Å². The lowest BCUT2D eigenvalue weighted by Crippen LogP contribution is -2.57. The van der Waals surface area contributed by atoms with Crippen molar-refractivity contribution in [1.82, 2.24) is 0 Å². The number of hydrogen-bond donors (Lipinski definition) is 6. The number of phenolic OH excluding ortho intramolecular Hbond substituents is 1. The number of phenols is 1. The molecule has 3 atom stereocenters. The lowest BCUT2D eigenvalue weighted by molar-refractivity contribution is -0.144. The number of aliphatic hydroxyl groups is 3. The Kier molecular flexibility index (Phi) is 6.85. The second kappa shape index (κ2) is 9.95. The maximum Gasteiger partial charge on any atom is 0.255 e. The Labute approximate surface area is 237 Å². The van der Waals surface area contributed by atoms with Gasteiger partial charge in [0.25, 0.3) is 5.91 Å². The average Bonchev–Trinajstić information content (AvgIpc) is 2.90. The molecule has 41 heavy (non-hydrogen) atoms. The van der Waals surface area contributed by atoms with Gasteiger partial charge in [-0.3, -0.25) is 14.4 Å². The molecule has 0 aromatic heterocycles. The van der Waals surface area contributed by atoms with Gasteiger partial charge in [0, 0.05) is 44.2 Å². The summed E-state index contributed by atoms with van der Waals surface area (Å²) in [5.74, 6) is -6.05. The molecule has 3 aliphatic rings. The summed E-state index contributed by atoms with van der Waals surface area (Å²) in [5, 5.41) is 47.6. The van der Waals surface area contributed by atoms with Crippen LogP contribution in [0.3, 0.4) is 0 Å². The summed E-state index contributed by atoms with van der Waals surface area (Å²) in [7, 11) is 3.64. The normalized spacial score (nSPS) is 23.8. The van der Waals surface area contributed by atoms with Crippen molar-refractivity contribution in [3.05, 3.63) is 75.3 Å². The van der Waals surface area contributed by atoms with Gasteiger partial charge in [0.1, 0.15) is 22.8 Å². The number of carbonyl (C=O) groups is 3. The second-order valence-corrected chi connectivity index (χ2v) is 11.7. The molecule has 10 nitrogen and oxygen atoms in total. The highest BCUT2D eigenvalue weighted by Crippen LogP contribution is 2.53. The molecule has 0 radical (unpaired) electrons. The number of fused-ring (bicyclic) bond motifs is 3. The van der Waals surface area contributed by atoms with Crippen molar-refractivity contribution in [2.75, 3.05) is 24.3 Å². The van der Waals surface area contributed by atoms with Gasteiger partial charge >= 0.3 is 0 Å². The number of aromatic hydroxyl groups is 1. The van der Waals surface area contributed by atoms with Crippen molar-refractivity contribution in [2.45, 2.75) is 51.2 Å². The number of allylic oxidation sites excluding steroid dienone is 2. The monoisotopic (exact) mass is 561 g/mol. The fraction of sp³-hybridized carbons (Fsp3) is 0.387. The third-order valence-electron chi connectivity index (χ3n) is 8.65. The number of nitrogens with two attached hydrogens (primary N) is 1. The molecule has 1 amide bonds. The van der Waals surface area contributed by atoms with Crippen LogP contribution in [0.2, 0.25) is 0 Å². The zero-order chi connectivity index (χ0) is 30.0. The Bertz CT molecular complexity index is 1540. The molecular formula is C31H35N3O7. The number of ketones is 2. The Morgan fingerprint density at radius 3 is 2.37 bits per heavy atom. The van der Waals surface area contributed by atoms with Crippen LogP contribution in [0.1, 0.15) is 59.7 Å². The van der Waals surface area contributed by atoms with E-state index in [2.05, 4.69) is 19.2 Å². The van der Waals surface area contributed by atoms with Gasteiger partial charge in [-0.05, 0) is 47.4 Å². The molecule has 0 unspecified atom stereocenters. The number of aliphatic hydroxyl groups excluding tert-OH is 2. The van der Waals surface area contributed by atoms with Gasteiger partial charge in [0.2, 0.25) is 5.78 Å². The van der Waals surface area contributed by atoms with E-state index in [4.69, 9.17) is 5.73 Å². The first-order valence-electron chi connectivity index (χ1n) is 13.6. The van der Waals surface area contributed by atoms with E-state index in [1.165, 1.54) is 5.56 Å². The van der Waals surface area contributed by atoms with Crippen LogP contribution in [0, 0.1) is 11.8 Å². The summed E-state index contributed by atoms with van der Waals surface area (Å²) >= 11 is 0. The molecule has 0 spiro atoms. The van der Waals surface area contributed by atoms with Crippen LogP contribution < -0.4 is 16.0 Å². The highest BCUT2D eigenvalue weighted by Gasteiger charge is 2.59. The molecule has 216 valence electrons. The molecule has 0 saturated heterocycles. The first kappa shape index (κ1) is 28.2. The molecule has 0 saturated carbocycles. The highest BCUT2D eigenvalue weighted by atomic mass is 16.3. The van der Waals surface area contributed by atoms with Crippen molar-refractivity contribution >= 4 is 28.8 Å². The number of nitrogens with zero attached hydrogens (tertiary/aromatic N) is 1.